The van der Waals surface area contributed by atoms with Crippen LogP contribution in [0.25, 0.3) is 0 Å². The number of nitrogens with zero attached hydrogens (tertiary/aromatic N) is 2. The molecule has 1 aromatic carbocycles. The molecule has 0 atom stereocenters. The summed E-state index contributed by atoms with van der Waals surface area (Å²) < 4.78 is 33.1. The van der Waals surface area contributed by atoms with Crippen LogP contribution in [-0.4, -0.2) is 38.0 Å². The fraction of sp³-hybridized carbons (Fsp3) is 0.389. The van der Waals surface area contributed by atoms with Crippen molar-refractivity contribution in [3.05, 3.63) is 58.9 Å². The van der Waals surface area contributed by atoms with Gasteiger partial charge in [0.15, 0.2) is 0 Å². The van der Waals surface area contributed by atoms with E-state index in [2.05, 4.69) is 4.98 Å². The van der Waals surface area contributed by atoms with Gasteiger partial charge in [0.2, 0.25) is 10.0 Å². The molecular formula is C18H24N2O3S. The molecule has 0 unspecified atom stereocenters. The largest absolute Gasteiger partial charge is 0.383 e. The fourth-order valence-electron chi connectivity index (χ4n) is 2.87. The van der Waals surface area contributed by atoms with Crippen molar-refractivity contribution in [1.82, 2.24) is 9.29 Å². The number of hydrogen-bond donors (Lipinski definition) is 0. The number of sulfonamides is 1. The Bertz CT molecular complexity index is 766. The summed E-state index contributed by atoms with van der Waals surface area (Å²) in [5.41, 5.74) is 3.49. The van der Waals surface area contributed by atoms with Gasteiger partial charge in [-0.3, -0.25) is 4.98 Å². The zero-order chi connectivity index (χ0) is 17.7. The van der Waals surface area contributed by atoms with Crippen molar-refractivity contribution >= 4 is 10.0 Å². The zero-order valence-electron chi connectivity index (χ0n) is 14.6. The highest BCUT2D eigenvalue weighted by Gasteiger charge is 2.27. The van der Waals surface area contributed by atoms with Gasteiger partial charge in [-0.15, -0.1) is 0 Å². The molecule has 1 heterocycles. The van der Waals surface area contributed by atoms with Gasteiger partial charge in [-0.1, -0.05) is 17.7 Å². The minimum atomic E-state index is -3.62. The Balaban J connectivity index is 2.44. The SMILES string of the molecule is COCCN(Cc1ccncc1)S(=O)(=O)c1c(C)cc(C)cc1C. The Labute approximate surface area is 144 Å². The first kappa shape index (κ1) is 18.6. The van der Waals surface area contributed by atoms with E-state index in [-0.39, 0.29) is 0 Å². The Morgan fingerprint density at radius 2 is 1.67 bits per heavy atom. The fourth-order valence-corrected chi connectivity index (χ4v) is 4.70. The van der Waals surface area contributed by atoms with Crippen LogP contribution in [0.5, 0.6) is 0 Å². The highest BCUT2D eigenvalue weighted by molar-refractivity contribution is 7.89. The number of hydrogen-bond acceptors (Lipinski definition) is 4. The van der Waals surface area contributed by atoms with Gasteiger partial charge in [-0.2, -0.15) is 4.31 Å². The number of aryl methyl sites for hydroxylation is 3. The summed E-state index contributed by atoms with van der Waals surface area (Å²) in [7, 11) is -2.05. The second-order valence-corrected chi connectivity index (χ2v) is 7.79. The number of pyridine rings is 1. The topological polar surface area (TPSA) is 59.5 Å². The lowest BCUT2D eigenvalue weighted by atomic mass is 10.1. The van der Waals surface area contributed by atoms with Gasteiger partial charge in [-0.05, 0) is 49.6 Å². The van der Waals surface area contributed by atoms with Crippen molar-refractivity contribution in [3.63, 3.8) is 0 Å². The van der Waals surface area contributed by atoms with Crippen LogP contribution in [0.3, 0.4) is 0 Å². The van der Waals surface area contributed by atoms with E-state index in [0.717, 1.165) is 22.3 Å². The van der Waals surface area contributed by atoms with E-state index < -0.39 is 10.0 Å². The van der Waals surface area contributed by atoms with E-state index in [9.17, 15) is 8.42 Å². The molecule has 0 spiro atoms. The Hall–Kier alpha value is -1.76. The number of rotatable bonds is 7. The van der Waals surface area contributed by atoms with Crippen molar-refractivity contribution in [2.45, 2.75) is 32.2 Å². The van der Waals surface area contributed by atoms with Crippen molar-refractivity contribution in [1.29, 1.82) is 0 Å². The maximum Gasteiger partial charge on any atom is 0.243 e. The molecule has 1 aromatic heterocycles. The van der Waals surface area contributed by atoms with Gasteiger partial charge in [0, 0.05) is 32.6 Å². The molecule has 6 heteroatoms. The molecule has 0 aliphatic heterocycles. The number of ether oxygens (including phenoxy) is 1. The second-order valence-electron chi connectivity index (χ2n) is 5.91. The molecule has 0 amide bonds. The van der Waals surface area contributed by atoms with E-state index in [1.807, 2.05) is 45.0 Å². The van der Waals surface area contributed by atoms with Gasteiger partial charge >= 0.3 is 0 Å². The number of aromatic nitrogens is 1. The highest BCUT2D eigenvalue weighted by Crippen LogP contribution is 2.26. The van der Waals surface area contributed by atoms with Crippen LogP contribution >= 0.6 is 0 Å². The molecule has 0 aliphatic rings. The van der Waals surface area contributed by atoms with Crippen LogP contribution in [0, 0.1) is 20.8 Å². The third kappa shape index (κ3) is 4.20. The van der Waals surface area contributed by atoms with Crippen molar-refractivity contribution in [3.8, 4) is 0 Å². The smallest absolute Gasteiger partial charge is 0.243 e. The van der Waals surface area contributed by atoms with E-state index in [1.54, 1.807) is 19.5 Å². The van der Waals surface area contributed by atoms with Crippen molar-refractivity contribution in [2.75, 3.05) is 20.3 Å². The quantitative estimate of drug-likeness (QED) is 0.772. The molecule has 24 heavy (non-hydrogen) atoms. The van der Waals surface area contributed by atoms with E-state index in [4.69, 9.17) is 4.74 Å². The molecule has 0 saturated carbocycles. The minimum Gasteiger partial charge on any atom is -0.383 e. The molecule has 130 valence electrons. The molecule has 0 fully saturated rings. The van der Waals surface area contributed by atoms with E-state index in [1.165, 1.54) is 4.31 Å². The average molecular weight is 348 g/mol. The Morgan fingerprint density at radius 1 is 1.08 bits per heavy atom. The standard InChI is InChI=1S/C18H24N2O3S/c1-14-11-15(2)18(16(3)12-14)24(21,22)20(9-10-23-4)13-17-5-7-19-8-6-17/h5-8,11-12H,9-10,13H2,1-4H3. The predicted molar refractivity (Wildman–Crippen MR) is 94.4 cm³/mol. The zero-order valence-corrected chi connectivity index (χ0v) is 15.4. The predicted octanol–water partition coefficient (Wildman–Crippen LogP) is 2.84. The van der Waals surface area contributed by atoms with E-state index >= 15 is 0 Å². The van der Waals surface area contributed by atoms with Crippen LogP contribution in [0.2, 0.25) is 0 Å². The summed E-state index contributed by atoms with van der Waals surface area (Å²) in [6.07, 6.45) is 3.33. The van der Waals surface area contributed by atoms with Gasteiger partial charge in [0.25, 0.3) is 0 Å². The summed E-state index contributed by atoms with van der Waals surface area (Å²) in [5.74, 6) is 0. The van der Waals surface area contributed by atoms with Crippen molar-refractivity contribution < 1.29 is 13.2 Å². The monoisotopic (exact) mass is 348 g/mol. The molecule has 5 nitrogen and oxygen atoms in total. The Morgan fingerprint density at radius 3 is 2.21 bits per heavy atom. The summed E-state index contributed by atoms with van der Waals surface area (Å²) in [6, 6.07) is 7.45. The van der Waals surface area contributed by atoms with E-state index in [0.29, 0.717) is 24.6 Å². The molecule has 0 N–H and O–H groups in total. The van der Waals surface area contributed by atoms with Crippen molar-refractivity contribution in [2.24, 2.45) is 0 Å². The lowest BCUT2D eigenvalue weighted by molar-refractivity contribution is 0.177. The summed E-state index contributed by atoms with van der Waals surface area (Å²) >= 11 is 0. The Kier molecular flexibility index (Phi) is 6.10. The summed E-state index contributed by atoms with van der Waals surface area (Å²) in [5, 5.41) is 0. The van der Waals surface area contributed by atoms with Crippen LogP contribution in [0.15, 0.2) is 41.6 Å². The maximum atomic E-state index is 13.3. The first-order chi connectivity index (χ1) is 11.4. The molecule has 0 aliphatic carbocycles. The molecule has 0 radical (unpaired) electrons. The summed E-state index contributed by atoms with van der Waals surface area (Å²) in [4.78, 5) is 4.37. The van der Waals surface area contributed by atoms with Gasteiger partial charge in [0.05, 0.1) is 11.5 Å². The molecule has 2 rings (SSSR count). The summed E-state index contributed by atoms with van der Waals surface area (Å²) in [6.45, 7) is 6.58. The lowest BCUT2D eigenvalue weighted by Gasteiger charge is -2.24. The molecule has 2 aromatic rings. The molecule has 0 saturated heterocycles. The van der Waals surface area contributed by atoms with Crippen LogP contribution in [0.1, 0.15) is 22.3 Å². The van der Waals surface area contributed by atoms with Gasteiger partial charge in [0.1, 0.15) is 0 Å². The highest BCUT2D eigenvalue weighted by atomic mass is 32.2. The van der Waals surface area contributed by atoms with Gasteiger partial charge in [-0.25, -0.2) is 8.42 Å². The van der Waals surface area contributed by atoms with Crippen LogP contribution < -0.4 is 0 Å². The third-order valence-electron chi connectivity index (χ3n) is 3.86. The van der Waals surface area contributed by atoms with Crippen LogP contribution in [-0.2, 0) is 21.3 Å². The molecule has 0 bridgehead atoms. The lowest BCUT2D eigenvalue weighted by Crippen LogP contribution is -2.34. The minimum absolute atomic E-state index is 0.293. The third-order valence-corrected chi connectivity index (χ3v) is 6.01. The van der Waals surface area contributed by atoms with Crippen LogP contribution in [0.4, 0.5) is 0 Å². The maximum absolute atomic E-state index is 13.3. The normalized spacial score (nSPS) is 11.9. The molecular weight excluding hydrogens is 324 g/mol. The first-order valence-corrected chi connectivity index (χ1v) is 9.26. The number of methoxy groups -OCH3 is 1. The first-order valence-electron chi connectivity index (χ1n) is 7.82. The number of benzene rings is 1. The second kappa shape index (κ2) is 7.88. The average Bonchev–Trinajstić information content (AvgIpc) is 2.51. The van der Waals surface area contributed by atoms with Gasteiger partial charge < -0.3 is 4.74 Å².